The van der Waals surface area contributed by atoms with E-state index in [2.05, 4.69) is 10.1 Å². The van der Waals surface area contributed by atoms with Crippen molar-refractivity contribution < 1.29 is 18.3 Å². The molecule has 1 unspecified atom stereocenters. The standard InChI is InChI=1S/C14H20F2N2O2/c1-10(18-8-3-2-7-13(17)19)11-5-4-6-12(9-11)20-14(15)16/h4-6,9-10,14,18H,2-3,7-8H2,1H3,(H2,17,19). The molecule has 1 aromatic carbocycles. The number of alkyl halides is 2. The number of carbonyl (C=O) groups is 1. The van der Waals surface area contributed by atoms with Crippen molar-refractivity contribution in [2.24, 2.45) is 5.73 Å². The molecule has 4 nitrogen and oxygen atoms in total. The van der Waals surface area contributed by atoms with Crippen LogP contribution in [0.5, 0.6) is 5.75 Å². The molecule has 0 aliphatic carbocycles. The Bertz CT molecular complexity index is 427. The van der Waals surface area contributed by atoms with E-state index in [1.165, 1.54) is 6.07 Å². The van der Waals surface area contributed by atoms with Crippen LogP contribution in [0.1, 0.15) is 37.8 Å². The van der Waals surface area contributed by atoms with Crippen molar-refractivity contribution in [1.82, 2.24) is 5.32 Å². The fourth-order valence-corrected chi connectivity index (χ4v) is 1.82. The second kappa shape index (κ2) is 8.47. The molecule has 1 atom stereocenters. The van der Waals surface area contributed by atoms with E-state index in [0.29, 0.717) is 6.42 Å². The van der Waals surface area contributed by atoms with Gasteiger partial charge < -0.3 is 15.8 Å². The SMILES string of the molecule is CC(NCCCCC(N)=O)c1cccc(OC(F)F)c1. The first-order valence-corrected chi connectivity index (χ1v) is 6.55. The second-order valence-electron chi connectivity index (χ2n) is 4.55. The molecule has 0 spiro atoms. The largest absolute Gasteiger partial charge is 0.435 e. The van der Waals surface area contributed by atoms with Crippen molar-refractivity contribution in [3.63, 3.8) is 0 Å². The van der Waals surface area contributed by atoms with Crippen LogP contribution in [0.3, 0.4) is 0 Å². The Hall–Kier alpha value is -1.69. The molecule has 0 bridgehead atoms. The first kappa shape index (κ1) is 16.4. The van der Waals surface area contributed by atoms with E-state index >= 15 is 0 Å². The number of amides is 1. The van der Waals surface area contributed by atoms with Crippen molar-refractivity contribution in [3.8, 4) is 5.75 Å². The molecular weight excluding hydrogens is 266 g/mol. The van der Waals surface area contributed by atoms with Crippen LogP contribution in [0.25, 0.3) is 0 Å². The van der Waals surface area contributed by atoms with Gasteiger partial charge in [-0.1, -0.05) is 12.1 Å². The van der Waals surface area contributed by atoms with Gasteiger partial charge in [0.2, 0.25) is 5.91 Å². The molecule has 0 aliphatic heterocycles. The van der Waals surface area contributed by atoms with Crippen LogP contribution in [0.15, 0.2) is 24.3 Å². The molecule has 0 heterocycles. The van der Waals surface area contributed by atoms with Crippen LogP contribution in [0, 0.1) is 0 Å². The van der Waals surface area contributed by atoms with Crippen molar-refractivity contribution in [2.75, 3.05) is 6.54 Å². The summed E-state index contributed by atoms with van der Waals surface area (Å²) in [6, 6.07) is 6.63. The lowest BCUT2D eigenvalue weighted by Gasteiger charge is -2.15. The molecule has 0 aromatic heterocycles. The summed E-state index contributed by atoms with van der Waals surface area (Å²) in [6.45, 7) is -0.147. The number of hydrogen-bond acceptors (Lipinski definition) is 3. The molecule has 0 fully saturated rings. The summed E-state index contributed by atoms with van der Waals surface area (Å²) in [4.78, 5) is 10.6. The van der Waals surface area contributed by atoms with Crippen LogP contribution in [-0.4, -0.2) is 19.1 Å². The summed E-state index contributed by atoms with van der Waals surface area (Å²) in [5.41, 5.74) is 5.92. The van der Waals surface area contributed by atoms with Crippen molar-refractivity contribution >= 4 is 5.91 Å². The summed E-state index contributed by atoms with van der Waals surface area (Å²) in [5, 5.41) is 3.26. The molecule has 1 rings (SSSR count). The van der Waals surface area contributed by atoms with Crippen LogP contribution >= 0.6 is 0 Å². The number of carbonyl (C=O) groups excluding carboxylic acids is 1. The lowest BCUT2D eigenvalue weighted by Crippen LogP contribution is -2.20. The maximum absolute atomic E-state index is 12.1. The quantitative estimate of drug-likeness (QED) is 0.686. The van der Waals surface area contributed by atoms with Gasteiger partial charge in [0.15, 0.2) is 0 Å². The zero-order chi connectivity index (χ0) is 15.0. The monoisotopic (exact) mass is 286 g/mol. The Balaban J connectivity index is 2.38. The smallest absolute Gasteiger partial charge is 0.387 e. The van der Waals surface area contributed by atoms with Gasteiger partial charge in [-0.05, 0) is 44.0 Å². The third-order valence-corrected chi connectivity index (χ3v) is 2.88. The van der Waals surface area contributed by atoms with Crippen LogP contribution in [0.4, 0.5) is 8.78 Å². The molecule has 0 saturated heterocycles. The van der Waals surface area contributed by atoms with Crippen LogP contribution in [0.2, 0.25) is 0 Å². The van der Waals surface area contributed by atoms with E-state index < -0.39 is 6.61 Å². The fraction of sp³-hybridized carbons (Fsp3) is 0.500. The van der Waals surface area contributed by atoms with Gasteiger partial charge in [-0.2, -0.15) is 8.78 Å². The van der Waals surface area contributed by atoms with E-state index in [9.17, 15) is 13.6 Å². The lowest BCUT2D eigenvalue weighted by atomic mass is 10.1. The summed E-state index contributed by atoms with van der Waals surface area (Å²) < 4.78 is 28.6. The molecule has 0 radical (unpaired) electrons. The summed E-state index contributed by atoms with van der Waals surface area (Å²) in [5.74, 6) is -0.144. The van der Waals surface area contributed by atoms with E-state index in [-0.39, 0.29) is 17.7 Å². The van der Waals surface area contributed by atoms with Gasteiger partial charge in [0, 0.05) is 12.5 Å². The predicted octanol–water partition coefficient (Wildman–Crippen LogP) is 2.59. The second-order valence-corrected chi connectivity index (χ2v) is 4.55. The topological polar surface area (TPSA) is 64.3 Å². The maximum atomic E-state index is 12.1. The highest BCUT2D eigenvalue weighted by molar-refractivity contribution is 5.73. The average Bonchev–Trinajstić information content (AvgIpc) is 2.37. The van der Waals surface area contributed by atoms with Gasteiger partial charge in [-0.25, -0.2) is 0 Å². The van der Waals surface area contributed by atoms with Crippen LogP contribution in [-0.2, 0) is 4.79 Å². The minimum Gasteiger partial charge on any atom is -0.435 e. The number of ether oxygens (including phenoxy) is 1. The number of unbranched alkanes of at least 4 members (excludes halogenated alkanes) is 1. The zero-order valence-electron chi connectivity index (χ0n) is 11.4. The summed E-state index contributed by atoms with van der Waals surface area (Å²) in [7, 11) is 0. The number of nitrogens with one attached hydrogen (secondary N) is 1. The molecule has 0 aliphatic rings. The van der Waals surface area contributed by atoms with Gasteiger partial charge in [-0.15, -0.1) is 0 Å². The highest BCUT2D eigenvalue weighted by Crippen LogP contribution is 2.20. The number of halogens is 2. The maximum Gasteiger partial charge on any atom is 0.387 e. The minimum absolute atomic E-state index is 0.0183. The zero-order valence-corrected chi connectivity index (χ0v) is 11.4. The lowest BCUT2D eigenvalue weighted by molar-refractivity contribution is -0.118. The van der Waals surface area contributed by atoms with Crippen molar-refractivity contribution in [1.29, 1.82) is 0 Å². The van der Waals surface area contributed by atoms with E-state index in [1.807, 2.05) is 13.0 Å². The van der Waals surface area contributed by atoms with E-state index in [4.69, 9.17) is 5.73 Å². The number of benzene rings is 1. The van der Waals surface area contributed by atoms with Crippen molar-refractivity contribution in [3.05, 3.63) is 29.8 Å². The number of hydrogen-bond donors (Lipinski definition) is 2. The molecule has 1 aromatic rings. The molecule has 112 valence electrons. The minimum atomic E-state index is -2.82. The molecule has 3 N–H and O–H groups in total. The first-order chi connectivity index (χ1) is 9.49. The highest BCUT2D eigenvalue weighted by Gasteiger charge is 2.08. The Morgan fingerprint density at radius 3 is 2.80 bits per heavy atom. The van der Waals surface area contributed by atoms with Gasteiger partial charge in [0.05, 0.1) is 0 Å². The van der Waals surface area contributed by atoms with E-state index in [0.717, 1.165) is 24.9 Å². The van der Waals surface area contributed by atoms with Gasteiger partial charge in [-0.3, -0.25) is 4.79 Å². The third kappa shape index (κ3) is 6.47. The Morgan fingerprint density at radius 1 is 1.40 bits per heavy atom. The average molecular weight is 286 g/mol. The third-order valence-electron chi connectivity index (χ3n) is 2.88. The number of rotatable bonds is 9. The molecule has 1 amide bonds. The fourth-order valence-electron chi connectivity index (χ4n) is 1.82. The Kier molecular flexibility index (Phi) is 6.93. The highest BCUT2D eigenvalue weighted by atomic mass is 19.3. The predicted molar refractivity (Wildman–Crippen MR) is 72.5 cm³/mol. The van der Waals surface area contributed by atoms with Gasteiger partial charge >= 0.3 is 6.61 Å². The Morgan fingerprint density at radius 2 is 2.15 bits per heavy atom. The Labute approximate surface area is 117 Å². The number of primary amides is 1. The molecule has 20 heavy (non-hydrogen) atoms. The van der Waals surface area contributed by atoms with Crippen LogP contribution < -0.4 is 15.8 Å². The summed E-state index contributed by atoms with van der Waals surface area (Å²) >= 11 is 0. The normalized spacial score (nSPS) is 12.4. The molecule has 0 saturated carbocycles. The number of nitrogens with two attached hydrogens (primary N) is 1. The first-order valence-electron chi connectivity index (χ1n) is 6.55. The summed E-state index contributed by atoms with van der Waals surface area (Å²) in [6.07, 6.45) is 1.96. The van der Waals surface area contributed by atoms with Gasteiger partial charge in [0.25, 0.3) is 0 Å². The molecular formula is C14H20F2N2O2. The van der Waals surface area contributed by atoms with Gasteiger partial charge in [0.1, 0.15) is 5.75 Å². The van der Waals surface area contributed by atoms with E-state index in [1.54, 1.807) is 12.1 Å². The van der Waals surface area contributed by atoms with Crippen molar-refractivity contribution in [2.45, 2.75) is 38.8 Å². The molecule has 6 heteroatoms.